The Labute approximate surface area is 143 Å². The molecule has 1 heterocycles. The van der Waals surface area contributed by atoms with Crippen molar-refractivity contribution >= 4 is 12.0 Å². The maximum absolute atomic E-state index is 13.4. The molecule has 3 atom stereocenters. The van der Waals surface area contributed by atoms with Crippen LogP contribution in [0.5, 0.6) is 0 Å². The van der Waals surface area contributed by atoms with Crippen LogP contribution in [0.1, 0.15) is 43.4 Å². The number of fused-ring (bicyclic) bond motifs is 3. The van der Waals surface area contributed by atoms with E-state index in [1.165, 1.54) is 16.7 Å². The lowest BCUT2D eigenvalue weighted by atomic mass is 9.71. The van der Waals surface area contributed by atoms with Gasteiger partial charge in [-0.15, -0.1) is 0 Å². The van der Waals surface area contributed by atoms with Gasteiger partial charge in [0.2, 0.25) is 5.91 Å². The molecule has 122 valence electrons. The molecule has 2 aromatic carbocycles. The monoisotopic (exact) mass is 317 g/mol. The molecule has 2 aliphatic rings. The Balaban J connectivity index is 1.93. The minimum atomic E-state index is -0.318. The lowest BCUT2D eigenvalue weighted by molar-refractivity contribution is -0.134. The van der Waals surface area contributed by atoms with Crippen molar-refractivity contribution in [2.24, 2.45) is 5.92 Å². The summed E-state index contributed by atoms with van der Waals surface area (Å²) in [7, 11) is 0. The first-order chi connectivity index (χ1) is 11.5. The van der Waals surface area contributed by atoms with Gasteiger partial charge < -0.3 is 4.90 Å². The molecule has 2 heteroatoms. The van der Waals surface area contributed by atoms with Gasteiger partial charge in [-0.05, 0) is 37.5 Å². The molecule has 0 aromatic heterocycles. The number of carbonyl (C=O) groups excluding carboxylic acids is 1. The highest BCUT2D eigenvalue weighted by Gasteiger charge is 2.57. The molecule has 0 saturated carbocycles. The van der Waals surface area contributed by atoms with Gasteiger partial charge in [-0.1, -0.05) is 66.7 Å². The molecule has 0 spiro atoms. The standard InChI is InChI=1S/C22H23NO/c1-15(2)23-21(24)20-18-12-8-7-9-16(18)13-14-19(20)22(23,3)17-10-5-4-6-11-17/h4-15,19-20H,1-3H3/t19-,20+,22+/m1/s1. The molecule has 4 rings (SSSR count). The van der Waals surface area contributed by atoms with E-state index in [0.717, 1.165) is 0 Å². The zero-order valence-corrected chi connectivity index (χ0v) is 14.4. The third-order valence-electron chi connectivity index (χ3n) is 5.70. The fourth-order valence-corrected chi connectivity index (χ4v) is 4.69. The van der Waals surface area contributed by atoms with E-state index in [4.69, 9.17) is 0 Å². The number of nitrogens with zero attached hydrogens (tertiary/aromatic N) is 1. The summed E-state index contributed by atoms with van der Waals surface area (Å²) >= 11 is 0. The minimum Gasteiger partial charge on any atom is -0.330 e. The average molecular weight is 317 g/mol. The van der Waals surface area contributed by atoms with E-state index < -0.39 is 0 Å². The summed E-state index contributed by atoms with van der Waals surface area (Å²) in [5.41, 5.74) is 3.23. The molecule has 0 bridgehead atoms. The average Bonchev–Trinajstić information content (AvgIpc) is 2.84. The Kier molecular flexibility index (Phi) is 3.38. The second-order valence-corrected chi connectivity index (χ2v) is 7.31. The van der Waals surface area contributed by atoms with Crippen molar-refractivity contribution in [3.8, 4) is 0 Å². The molecule has 1 fully saturated rings. The van der Waals surface area contributed by atoms with Crippen LogP contribution in [0.25, 0.3) is 6.08 Å². The molecule has 1 amide bonds. The van der Waals surface area contributed by atoms with Crippen LogP contribution >= 0.6 is 0 Å². The van der Waals surface area contributed by atoms with Crippen molar-refractivity contribution in [3.63, 3.8) is 0 Å². The predicted octanol–water partition coefficient (Wildman–Crippen LogP) is 4.58. The van der Waals surface area contributed by atoms with Crippen molar-refractivity contribution < 1.29 is 4.79 Å². The normalized spacial score (nSPS) is 28.2. The van der Waals surface area contributed by atoms with Crippen LogP contribution in [0, 0.1) is 5.92 Å². The quantitative estimate of drug-likeness (QED) is 0.794. The maximum atomic E-state index is 13.4. The van der Waals surface area contributed by atoms with Gasteiger partial charge >= 0.3 is 0 Å². The molecule has 1 saturated heterocycles. The Morgan fingerprint density at radius 3 is 2.38 bits per heavy atom. The fourth-order valence-electron chi connectivity index (χ4n) is 4.69. The molecule has 1 aliphatic heterocycles. The predicted molar refractivity (Wildman–Crippen MR) is 97.5 cm³/mol. The van der Waals surface area contributed by atoms with Gasteiger partial charge in [-0.3, -0.25) is 4.79 Å². The molecular formula is C22H23NO. The summed E-state index contributed by atoms with van der Waals surface area (Å²) in [6.45, 7) is 6.46. The Hall–Kier alpha value is -2.35. The molecule has 0 N–H and O–H groups in total. The van der Waals surface area contributed by atoms with Crippen LogP contribution in [0.2, 0.25) is 0 Å². The zero-order chi connectivity index (χ0) is 16.9. The summed E-state index contributed by atoms with van der Waals surface area (Å²) in [6.07, 6.45) is 4.44. The van der Waals surface area contributed by atoms with E-state index >= 15 is 0 Å². The number of benzene rings is 2. The van der Waals surface area contributed by atoms with E-state index in [1.54, 1.807) is 0 Å². The van der Waals surface area contributed by atoms with Crippen molar-refractivity contribution in [2.45, 2.75) is 38.3 Å². The van der Waals surface area contributed by atoms with Crippen molar-refractivity contribution in [1.29, 1.82) is 0 Å². The van der Waals surface area contributed by atoms with Crippen LogP contribution in [0.3, 0.4) is 0 Å². The molecule has 24 heavy (non-hydrogen) atoms. The third kappa shape index (κ3) is 1.92. The lowest BCUT2D eigenvalue weighted by Gasteiger charge is -2.42. The third-order valence-corrected chi connectivity index (χ3v) is 5.70. The lowest BCUT2D eigenvalue weighted by Crippen LogP contribution is -2.47. The Bertz CT molecular complexity index is 808. The zero-order valence-electron chi connectivity index (χ0n) is 14.4. The van der Waals surface area contributed by atoms with Crippen LogP contribution in [0.4, 0.5) is 0 Å². The molecule has 0 radical (unpaired) electrons. The van der Waals surface area contributed by atoms with E-state index in [0.29, 0.717) is 0 Å². The van der Waals surface area contributed by atoms with Gasteiger partial charge in [-0.25, -0.2) is 0 Å². The molecule has 2 aromatic rings. The van der Waals surface area contributed by atoms with Gasteiger partial charge in [-0.2, -0.15) is 0 Å². The molecule has 0 unspecified atom stereocenters. The van der Waals surface area contributed by atoms with Crippen molar-refractivity contribution in [1.82, 2.24) is 4.90 Å². The molecule has 2 nitrogen and oxygen atoms in total. The SMILES string of the molecule is CC(C)N1C(=O)[C@H]2c3ccccc3C=C[C@H]2[C@]1(C)c1ccccc1. The number of likely N-dealkylation sites (tertiary alicyclic amines) is 1. The Morgan fingerprint density at radius 1 is 1.00 bits per heavy atom. The van der Waals surface area contributed by atoms with Gasteiger partial charge in [0.1, 0.15) is 0 Å². The van der Waals surface area contributed by atoms with Crippen LogP contribution in [-0.4, -0.2) is 16.8 Å². The summed E-state index contributed by atoms with van der Waals surface area (Å²) in [4.78, 5) is 15.5. The highest BCUT2D eigenvalue weighted by Crippen LogP contribution is 2.54. The maximum Gasteiger partial charge on any atom is 0.231 e. The molecular weight excluding hydrogens is 294 g/mol. The smallest absolute Gasteiger partial charge is 0.231 e. The summed E-state index contributed by atoms with van der Waals surface area (Å²) < 4.78 is 0. The number of carbonyl (C=O) groups is 1. The minimum absolute atomic E-state index is 0.0844. The fraction of sp³-hybridized carbons (Fsp3) is 0.318. The van der Waals surface area contributed by atoms with E-state index in [1.807, 2.05) is 18.2 Å². The number of hydrogen-bond donors (Lipinski definition) is 0. The first-order valence-electron chi connectivity index (χ1n) is 8.71. The van der Waals surface area contributed by atoms with Crippen molar-refractivity contribution in [2.75, 3.05) is 0 Å². The van der Waals surface area contributed by atoms with Gasteiger partial charge in [0.25, 0.3) is 0 Å². The Morgan fingerprint density at radius 2 is 1.67 bits per heavy atom. The first-order valence-corrected chi connectivity index (χ1v) is 8.71. The van der Waals surface area contributed by atoms with E-state index in [9.17, 15) is 4.79 Å². The summed E-state index contributed by atoms with van der Waals surface area (Å²) in [5, 5.41) is 0. The first kappa shape index (κ1) is 15.2. The summed E-state index contributed by atoms with van der Waals surface area (Å²) in [6, 6.07) is 18.9. The second-order valence-electron chi connectivity index (χ2n) is 7.31. The van der Waals surface area contributed by atoms with Gasteiger partial charge in [0, 0.05) is 12.0 Å². The number of rotatable bonds is 2. The number of hydrogen-bond acceptors (Lipinski definition) is 1. The summed E-state index contributed by atoms with van der Waals surface area (Å²) in [5.74, 6) is 0.321. The molecule has 1 aliphatic carbocycles. The van der Waals surface area contributed by atoms with Crippen molar-refractivity contribution in [3.05, 3.63) is 77.4 Å². The van der Waals surface area contributed by atoms with Crippen LogP contribution in [-0.2, 0) is 10.3 Å². The van der Waals surface area contributed by atoms with Gasteiger partial charge in [0.05, 0.1) is 11.5 Å². The topological polar surface area (TPSA) is 20.3 Å². The van der Waals surface area contributed by atoms with E-state index in [-0.39, 0.29) is 29.3 Å². The second kappa shape index (κ2) is 5.34. The highest BCUT2D eigenvalue weighted by molar-refractivity contribution is 5.91. The highest BCUT2D eigenvalue weighted by atomic mass is 16.2. The van der Waals surface area contributed by atoms with Crippen LogP contribution in [0.15, 0.2) is 60.7 Å². The largest absolute Gasteiger partial charge is 0.330 e. The van der Waals surface area contributed by atoms with Gasteiger partial charge in [0.15, 0.2) is 0 Å². The van der Waals surface area contributed by atoms with E-state index in [2.05, 4.69) is 74.2 Å². The number of amides is 1. The van der Waals surface area contributed by atoms with Crippen LogP contribution < -0.4 is 0 Å².